The lowest BCUT2D eigenvalue weighted by molar-refractivity contribution is 0.0687. The van der Waals surface area contributed by atoms with E-state index in [1.165, 1.54) is 0 Å². The molecule has 4 heterocycles. The van der Waals surface area contributed by atoms with E-state index in [0.717, 1.165) is 34.9 Å². The highest BCUT2D eigenvalue weighted by molar-refractivity contribution is 5.86. The van der Waals surface area contributed by atoms with E-state index in [1.54, 1.807) is 6.20 Å². The number of carbonyl (C=O) groups is 1. The molecule has 0 amide bonds. The zero-order valence-electron chi connectivity index (χ0n) is 14.3. The first-order chi connectivity index (χ1) is 13.2. The van der Waals surface area contributed by atoms with Crippen LogP contribution in [0.15, 0.2) is 28.9 Å². The number of ether oxygens (including phenoxy) is 2. The number of H-pyrrole nitrogens is 1. The molecule has 0 spiro atoms. The van der Waals surface area contributed by atoms with Crippen molar-refractivity contribution in [2.45, 2.75) is 19.5 Å². The molecular formula is C18H16N4O5. The van der Waals surface area contributed by atoms with E-state index in [0.29, 0.717) is 30.8 Å². The van der Waals surface area contributed by atoms with E-state index >= 15 is 0 Å². The van der Waals surface area contributed by atoms with Crippen LogP contribution in [0.2, 0.25) is 0 Å². The van der Waals surface area contributed by atoms with Crippen molar-refractivity contribution in [1.82, 2.24) is 20.3 Å². The highest BCUT2D eigenvalue weighted by atomic mass is 16.7. The summed E-state index contributed by atoms with van der Waals surface area (Å²) in [4.78, 5) is 13.4. The third-order valence-electron chi connectivity index (χ3n) is 4.88. The molecule has 2 aliphatic rings. The third-order valence-corrected chi connectivity index (χ3v) is 4.88. The molecule has 0 fully saturated rings. The second-order valence-electron chi connectivity index (χ2n) is 6.54. The van der Waals surface area contributed by atoms with E-state index in [9.17, 15) is 9.90 Å². The van der Waals surface area contributed by atoms with Crippen molar-refractivity contribution in [3.8, 4) is 22.8 Å². The van der Waals surface area contributed by atoms with Crippen molar-refractivity contribution in [1.29, 1.82) is 0 Å². The Bertz CT molecular complexity index is 1020. The normalized spacial score (nSPS) is 15.7. The summed E-state index contributed by atoms with van der Waals surface area (Å²) >= 11 is 0. The first-order valence-electron chi connectivity index (χ1n) is 8.54. The Morgan fingerprint density at radius 1 is 1.30 bits per heavy atom. The first kappa shape index (κ1) is 15.9. The largest absolute Gasteiger partial charge is 0.477 e. The summed E-state index contributed by atoms with van der Waals surface area (Å²) in [6.07, 6.45) is 2.28. The lowest BCUT2D eigenvalue weighted by Gasteiger charge is -2.25. The molecule has 9 heteroatoms. The highest BCUT2D eigenvalue weighted by Crippen LogP contribution is 2.38. The molecule has 0 unspecified atom stereocenters. The summed E-state index contributed by atoms with van der Waals surface area (Å²) < 4.78 is 16.4. The topological polar surface area (TPSA) is 114 Å². The predicted molar refractivity (Wildman–Crippen MR) is 91.4 cm³/mol. The quantitative estimate of drug-likeness (QED) is 0.719. The molecule has 0 bridgehead atoms. The molecule has 2 aliphatic heterocycles. The van der Waals surface area contributed by atoms with Crippen molar-refractivity contribution < 1.29 is 23.9 Å². The van der Waals surface area contributed by atoms with Gasteiger partial charge in [-0.2, -0.15) is 5.10 Å². The minimum atomic E-state index is -1.01. The molecule has 0 aliphatic carbocycles. The second kappa shape index (κ2) is 6.13. The number of hydrogen-bond acceptors (Lipinski definition) is 7. The predicted octanol–water partition coefficient (Wildman–Crippen LogP) is 2.05. The van der Waals surface area contributed by atoms with Crippen LogP contribution < -0.4 is 9.47 Å². The van der Waals surface area contributed by atoms with Gasteiger partial charge in [0.1, 0.15) is 17.1 Å². The Morgan fingerprint density at radius 2 is 2.19 bits per heavy atom. The van der Waals surface area contributed by atoms with Gasteiger partial charge in [-0.15, -0.1) is 0 Å². The number of aromatic carboxylic acids is 1. The van der Waals surface area contributed by atoms with Crippen LogP contribution in [0.1, 0.15) is 27.4 Å². The molecule has 3 aromatic rings. The number of nitrogens with zero attached hydrogens (tertiary/aromatic N) is 3. The molecule has 1 aromatic carbocycles. The fourth-order valence-electron chi connectivity index (χ4n) is 3.53. The molecular weight excluding hydrogens is 352 g/mol. The van der Waals surface area contributed by atoms with Gasteiger partial charge in [0.25, 0.3) is 0 Å². The maximum Gasteiger partial charge on any atom is 0.354 e. The molecule has 27 heavy (non-hydrogen) atoms. The Balaban J connectivity index is 1.42. The minimum Gasteiger partial charge on any atom is -0.477 e. The summed E-state index contributed by atoms with van der Waals surface area (Å²) in [5, 5.41) is 19.9. The van der Waals surface area contributed by atoms with E-state index in [4.69, 9.17) is 14.0 Å². The SMILES string of the molecule is O=C(O)c1[nH]ncc1CN1CCc2onc(-c3ccc4c(c3)OCO4)c2C1. The van der Waals surface area contributed by atoms with Gasteiger partial charge in [-0.1, -0.05) is 5.16 Å². The highest BCUT2D eigenvalue weighted by Gasteiger charge is 2.27. The summed E-state index contributed by atoms with van der Waals surface area (Å²) in [6, 6.07) is 5.70. The fourth-order valence-corrected chi connectivity index (χ4v) is 3.53. The average Bonchev–Trinajstić information content (AvgIpc) is 3.39. The van der Waals surface area contributed by atoms with Crippen molar-refractivity contribution in [2.24, 2.45) is 0 Å². The van der Waals surface area contributed by atoms with Gasteiger partial charge in [-0.3, -0.25) is 10.00 Å². The van der Waals surface area contributed by atoms with Crippen molar-refractivity contribution in [2.75, 3.05) is 13.3 Å². The van der Waals surface area contributed by atoms with Crippen molar-refractivity contribution >= 4 is 5.97 Å². The Kier molecular flexibility index (Phi) is 3.61. The number of aromatic nitrogens is 3. The maximum atomic E-state index is 11.3. The molecule has 5 rings (SSSR count). The van der Waals surface area contributed by atoms with Gasteiger partial charge in [0, 0.05) is 42.7 Å². The second-order valence-corrected chi connectivity index (χ2v) is 6.54. The Morgan fingerprint density at radius 3 is 3.07 bits per heavy atom. The number of hydrogen-bond donors (Lipinski definition) is 2. The third kappa shape index (κ3) is 2.72. The number of nitrogens with one attached hydrogen (secondary N) is 1. The lowest BCUT2D eigenvalue weighted by Crippen LogP contribution is -2.30. The maximum absolute atomic E-state index is 11.3. The smallest absolute Gasteiger partial charge is 0.354 e. The van der Waals surface area contributed by atoms with E-state index in [-0.39, 0.29) is 12.5 Å². The van der Waals surface area contributed by atoms with Crippen molar-refractivity contribution in [3.05, 3.63) is 47.0 Å². The molecule has 138 valence electrons. The number of fused-ring (bicyclic) bond motifs is 2. The van der Waals surface area contributed by atoms with E-state index in [1.807, 2.05) is 18.2 Å². The van der Waals surface area contributed by atoms with Crippen LogP contribution in [0.5, 0.6) is 11.5 Å². The van der Waals surface area contributed by atoms with Crippen molar-refractivity contribution in [3.63, 3.8) is 0 Å². The summed E-state index contributed by atoms with van der Waals surface area (Å²) in [5.74, 6) is 1.27. The zero-order chi connectivity index (χ0) is 18.4. The van der Waals surface area contributed by atoms with Crippen LogP contribution in [-0.2, 0) is 19.5 Å². The number of carboxylic acid groups (broad SMARTS) is 1. The van der Waals surface area contributed by atoms with Gasteiger partial charge >= 0.3 is 5.97 Å². The number of rotatable bonds is 4. The molecule has 0 saturated heterocycles. The van der Waals surface area contributed by atoms with Crippen LogP contribution in [0.3, 0.4) is 0 Å². The Hall–Kier alpha value is -3.33. The van der Waals surface area contributed by atoms with E-state index in [2.05, 4.69) is 20.3 Å². The molecule has 9 nitrogen and oxygen atoms in total. The van der Waals surface area contributed by atoms with Gasteiger partial charge in [-0.05, 0) is 18.2 Å². The molecule has 2 aromatic heterocycles. The first-order valence-corrected chi connectivity index (χ1v) is 8.54. The van der Waals surface area contributed by atoms with Gasteiger partial charge in [0.05, 0.1) is 6.20 Å². The van der Waals surface area contributed by atoms with Crippen LogP contribution in [0, 0.1) is 0 Å². The standard InChI is InChI=1S/C18H16N4O5/c23-18(24)17-11(6-19-20-17)7-22-4-3-13-12(8-22)16(21-27-13)10-1-2-14-15(5-10)26-9-25-14/h1-2,5-6H,3-4,7-9H2,(H,19,20)(H,23,24). The summed E-state index contributed by atoms with van der Waals surface area (Å²) in [7, 11) is 0. The monoisotopic (exact) mass is 368 g/mol. The van der Waals surface area contributed by atoms with E-state index < -0.39 is 5.97 Å². The van der Waals surface area contributed by atoms with Crippen LogP contribution in [0.4, 0.5) is 0 Å². The van der Waals surface area contributed by atoms with Gasteiger partial charge in [0.2, 0.25) is 6.79 Å². The molecule has 2 N–H and O–H groups in total. The van der Waals surface area contributed by atoms with Crippen LogP contribution >= 0.6 is 0 Å². The zero-order valence-corrected chi connectivity index (χ0v) is 14.3. The van der Waals surface area contributed by atoms with Gasteiger partial charge in [-0.25, -0.2) is 4.79 Å². The Labute approximate surface area is 153 Å². The molecule has 0 radical (unpaired) electrons. The summed E-state index contributed by atoms with van der Waals surface area (Å²) in [6.45, 7) is 2.09. The minimum absolute atomic E-state index is 0.127. The molecule has 0 atom stereocenters. The van der Waals surface area contributed by atoms with Crippen LogP contribution in [0.25, 0.3) is 11.3 Å². The van der Waals surface area contributed by atoms with Gasteiger partial charge < -0.3 is 19.1 Å². The summed E-state index contributed by atoms with van der Waals surface area (Å²) in [5.41, 5.74) is 3.48. The van der Waals surface area contributed by atoms with Crippen LogP contribution in [-0.4, -0.2) is 44.7 Å². The number of benzene rings is 1. The van der Waals surface area contributed by atoms with Gasteiger partial charge in [0.15, 0.2) is 11.5 Å². The fraction of sp³-hybridized carbons (Fsp3) is 0.278. The lowest BCUT2D eigenvalue weighted by atomic mass is 10.0. The number of aromatic amines is 1. The molecule has 0 saturated carbocycles. The average molecular weight is 368 g/mol. The number of carboxylic acids is 1.